The van der Waals surface area contributed by atoms with Gasteiger partial charge < -0.3 is 4.90 Å². The summed E-state index contributed by atoms with van der Waals surface area (Å²) in [5.41, 5.74) is 4.53. The van der Waals surface area contributed by atoms with Gasteiger partial charge in [0.2, 0.25) is 0 Å². The zero-order chi connectivity index (χ0) is 23.4. The molecule has 1 amide bonds. The van der Waals surface area contributed by atoms with E-state index in [0.29, 0.717) is 41.0 Å². The summed E-state index contributed by atoms with van der Waals surface area (Å²) in [4.78, 5) is 24.1. The molecule has 33 heavy (non-hydrogen) atoms. The fraction of sp³-hybridized carbons (Fsp3) is 0.250. The number of nitrogens with zero attached hydrogens (tertiary/aromatic N) is 5. The van der Waals surface area contributed by atoms with Crippen molar-refractivity contribution in [3.05, 3.63) is 76.5 Å². The topological polar surface area (TPSA) is 63.9 Å². The van der Waals surface area contributed by atoms with Gasteiger partial charge in [0.15, 0.2) is 17.5 Å². The van der Waals surface area contributed by atoms with E-state index in [4.69, 9.17) is 0 Å². The van der Waals surface area contributed by atoms with E-state index in [1.807, 2.05) is 19.9 Å². The minimum Gasteiger partial charge on any atom is -0.330 e. The van der Waals surface area contributed by atoms with Crippen LogP contribution in [-0.4, -0.2) is 37.1 Å². The predicted molar refractivity (Wildman–Crippen MR) is 116 cm³/mol. The Balaban J connectivity index is 1.54. The standard InChI is InChI=1S/C24H20F3N5O/c1-12-11-28-22-16(5-4-6-19(22)29-12)24(33)32-8-7-15-21(13(32)2)30-31(3)23(15)14-9-17(25)20(27)18(26)10-14/h4-6,9-11,13H,7-8H2,1-3H3/t13-/m0/s1. The Hall–Kier alpha value is -3.75. The molecule has 2 aromatic carbocycles. The Labute approximate surface area is 187 Å². The Kier molecular flexibility index (Phi) is 4.92. The molecule has 168 valence electrons. The predicted octanol–water partition coefficient (Wildman–Crippen LogP) is 4.52. The number of aromatic nitrogens is 4. The van der Waals surface area contributed by atoms with Gasteiger partial charge in [0.1, 0.15) is 5.52 Å². The van der Waals surface area contributed by atoms with Gasteiger partial charge in [-0.15, -0.1) is 0 Å². The van der Waals surface area contributed by atoms with Crippen LogP contribution in [0.4, 0.5) is 13.2 Å². The average molecular weight is 451 g/mol. The number of fused-ring (bicyclic) bond motifs is 2. The van der Waals surface area contributed by atoms with E-state index in [1.54, 1.807) is 30.3 Å². The molecule has 1 aliphatic rings. The third-order valence-corrected chi connectivity index (χ3v) is 6.08. The van der Waals surface area contributed by atoms with E-state index in [0.717, 1.165) is 23.4 Å². The lowest BCUT2D eigenvalue weighted by Crippen LogP contribution is -2.39. The quantitative estimate of drug-likeness (QED) is 0.421. The lowest BCUT2D eigenvalue weighted by Gasteiger charge is -2.33. The molecule has 5 rings (SSSR count). The van der Waals surface area contributed by atoms with Crippen molar-refractivity contribution < 1.29 is 18.0 Å². The number of hydrogen-bond donors (Lipinski definition) is 0. The van der Waals surface area contributed by atoms with Gasteiger partial charge >= 0.3 is 0 Å². The fourth-order valence-electron chi connectivity index (χ4n) is 4.54. The van der Waals surface area contributed by atoms with Crippen molar-refractivity contribution in [3.8, 4) is 11.3 Å². The maximum Gasteiger partial charge on any atom is 0.256 e. The van der Waals surface area contributed by atoms with Gasteiger partial charge in [-0.25, -0.2) is 18.2 Å². The highest BCUT2D eigenvalue weighted by Crippen LogP contribution is 2.37. The minimum absolute atomic E-state index is 0.192. The van der Waals surface area contributed by atoms with Crippen molar-refractivity contribution in [1.82, 2.24) is 24.6 Å². The van der Waals surface area contributed by atoms with Gasteiger partial charge in [0.05, 0.1) is 34.2 Å². The van der Waals surface area contributed by atoms with Crippen LogP contribution in [0.2, 0.25) is 0 Å². The van der Waals surface area contributed by atoms with Gasteiger partial charge in [0.25, 0.3) is 5.91 Å². The van der Waals surface area contributed by atoms with Crippen molar-refractivity contribution in [3.63, 3.8) is 0 Å². The third kappa shape index (κ3) is 3.35. The maximum absolute atomic E-state index is 13.9. The third-order valence-electron chi connectivity index (χ3n) is 6.08. The second-order valence-electron chi connectivity index (χ2n) is 8.20. The average Bonchev–Trinajstić information content (AvgIpc) is 3.13. The van der Waals surface area contributed by atoms with Crippen molar-refractivity contribution in [2.24, 2.45) is 7.05 Å². The zero-order valence-electron chi connectivity index (χ0n) is 18.2. The molecule has 1 atom stereocenters. The maximum atomic E-state index is 13.9. The molecule has 0 spiro atoms. The summed E-state index contributed by atoms with van der Waals surface area (Å²) in [7, 11) is 1.66. The molecule has 0 saturated carbocycles. The molecule has 0 unspecified atom stereocenters. The first kappa shape index (κ1) is 21.1. The highest BCUT2D eigenvalue weighted by Gasteiger charge is 2.34. The molecule has 0 N–H and O–H groups in total. The van der Waals surface area contributed by atoms with Crippen molar-refractivity contribution in [2.75, 3.05) is 6.54 Å². The summed E-state index contributed by atoms with van der Waals surface area (Å²) in [6.45, 7) is 4.08. The number of halogens is 3. The van der Waals surface area contributed by atoms with Gasteiger partial charge in [-0.3, -0.25) is 14.5 Å². The Morgan fingerprint density at radius 3 is 2.61 bits per heavy atom. The number of hydrogen-bond acceptors (Lipinski definition) is 4. The van der Waals surface area contributed by atoms with Crippen LogP contribution in [0.5, 0.6) is 0 Å². The highest BCUT2D eigenvalue weighted by atomic mass is 19.2. The molecule has 6 nitrogen and oxygen atoms in total. The van der Waals surface area contributed by atoms with Crippen molar-refractivity contribution in [2.45, 2.75) is 26.3 Å². The van der Waals surface area contributed by atoms with Crippen LogP contribution in [0.3, 0.4) is 0 Å². The second kappa shape index (κ2) is 7.68. The molecule has 0 saturated heterocycles. The first-order valence-corrected chi connectivity index (χ1v) is 10.5. The number of aryl methyl sites for hydroxylation is 2. The number of benzene rings is 2. The zero-order valence-corrected chi connectivity index (χ0v) is 18.2. The number of rotatable bonds is 2. The largest absolute Gasteiger partial charge is 0.330 e. The number of carbonyl (C=O) groups is 1. The van der Waals surface area contributed by atoms with Crippen LogP contribution < -0.4 is 0 Å². The van der Waals surface area contributed by atoms with E-state index in [-0.39, 0.29) is 17.5 Å². The molecule has 1 aliphatic heterocycles. The highest BCUT2D eigenvalue weighted by molar-refractivity contribution is 6.04. The first-order valence-electron chi connectivity index (χ1n) is 10.5. The van der Waals surface area contributed by atoms with Gasteiger partial charge in [-0.05, 0) is 44.5 Å². The molecule has 3 heterocycles. The van der Waals surface area contributed by atoms with Crippen LogP contribution in [-0.2, 0) is 13.5 Å². The normalized spacial score (nSPS) is 15.7. The van der Waals surface area contributed by atoms with Crippen molar-refractivity contribution >= 4 is 16.9 Å². The molecular formula is C24H20F3N5O. The smallest absolute Gasteiger partial charge is 0.256 e. The first-order chi connectivity index (χ1) is 15.8. The van der Waals surface area contributed by atoms with Gasteiger partial charge in [0, 0.05) is 30.9 Å². The van der Waals surface area contributed by atoms with Crippen LogP contribution >= 0.6 is 0 Å². The molecule has 0 radical (unpaired) electrons. The SMILES string of the molecule is Cc1cnc2c(C(=O)N3CCc4c(nn(C)c4-c4cc(F)c(F)c(F)c4)[C@@H]3C)cccc2n1. The van der Waals surface area contributed by atoms with E-state index < -0.39 is 17.5 Å². The van der Waals surface area contributed by atoms with Crippen LogP contribution in [0, 0.1) is 24.4 Å². The summed E-state index contributed by atoms with van der Waals surface area (Å²) >= 11 is 0. The van der Waals surface area contributed by atoms with E-state index >= 15 is 0 Å². The number of amides is 1. The summed E-state index contributed by atoms with van der Waals surface area (Å²) in [6.07, 6.45) is 2.06. The minimum atomic E-state index is -1.51. The molecule has 9 heteroatoms. The summed E-state index contributed by atoms with van der Waals surface area (Å²) in [5, 5.41) is 4.55. The lowest BCUT2D eigenvalue weighted by molar-refractivity contribution is 0.0675. The van der Waals surface area contributed by atoms with E-state index in [2.05, 4.69) is 15.1 Å². The van der Waals surface area contributed by atoms with Crippen molar-refractivity contribution in [1.29, 1.82) is 0 Å². The van der Waals surface area contributed by atoms with Crippen LogP contribution in [0.15, 0.2) is 36.5 Å². The summed E-state index contributed by atoms with van der Waals surface area (Å²) in [6, 6.07) is 6.87. The monoisotopic (exact) mass is 451 g/mol. The Morgan fingerprint density at radius 1 is 1.15 bits per heavy atom. The molecule has 0 fully saturated rings. The van der Waals surface area contributed by atoms with Crippen LogP contribution in [0.1, 0.15) is 40.3 Å². The van der Waals surface area contributed by atoms with Gasteiger partial charge in [-0.1, -0.05) is 6.07 Å². The summed E-state index contributed by atoms with van der Waals surface area (Å²) < 4.78 is 42.7. The Bertz CT molecular complexity index is 1410. The lowest BCUT2D eigenvalue weighted by atomic mass is 9.94. The summed E-state index contributed by atoms with van der Waals surface area (Å²) in [5.74, 6) is -4.21. The molecule has 4 aromatic rings. The number of carbonyl (C=O) groups excluding carboxylic acids is 1. The van der Waals surface area contributed by atoms with E-state index in [9.17, 15) is 18.0 Å². The molecule has 0 bridgehead atoms. The Morgan fingerprint density at radius 2 is 1.88 bits per heavy atom. The van der Waals surface area contributed by atoms with E-state index in [1.165, 1.54) is 4.68 Å². The fourth-order valence-corrected chi connectivity index (χ4v) is 4.54. The molecule has 2 aromatic heterocycles. The molecule has 0 aliphatic carbocycles. The van der Waals surface area contributed by atoms with Gasteiger partial charge in [-0.2, -0.15) is 5.10 Å². The van der Waals surface area contributed by atoms with Crippen LogP contribution in [0.25, 0.3) is 22.3 Å². The molecular weight excluding hydrogens is 431 g/mol. The second-order valence-corrected chi connectivity index (χ2v) is 8.20. The number of para-hydroxylation sites is 1.